The van der Waals surface area contributed by atoms with Gasteiger partial charge in [-0.2, -0.15) is 9.47 Å². The molecule has 0 aromatic carbocycles. The molecule has 0 aliphatic carbocycles. The predicted octanol–water partition coefficient (Wildman–Crippen LogP) is 7.41. The van der Waals surface area contributed by atoms with E-state index in [9.17, 15) is 0 Å². The average molecular weight is 539 g/mol. The molecule has 6 nitrogen and oxygen atoms in total. The van der Waals surface area contributed by atoms with Gasteiger partial charge in [0.15, 0.2) is 0 Å². The first-order chi connectivity index (χ1) is 15.8. The molecule has 8 heteroatoms. The van der Waals surface area contributed by atoms with Gasteiger partial charge < -0.3 is 9.64 Å². The maximum absolute atomic E-state index is 6.12. The Kier molecular flexibility index (Phi) is 12.7. The van der Waals surface area contributed by atoms with Gasteiger partial charge in [0, 0.05) is 36.6 Å². The minimum atomic E-state index is 0.438. The lowest BCUT2D eigenvalue weighted by Gasteiger charge is -2.25. The molecule has 1 aliphatic rings. The predicted molar refractivity (Wildman–Crippen MR) is 146 cm³/mol. The third-order valence-electron chi connectivity index (χ3n) is 4.72. The van der Waals surface area contributed by atoms with Crippen molar-refractivity contribution in [2.75, 3.05) is 18.1 Å². The van der Waals surface area contributed by atoms with Crippen molar-refractivity contribution in [1.29, 1.82) is 0 Å². The molecule has 2 aromatic heterocycles. The van der Waals surface area contributed by atoms with Gasteiger partial charge in [-0.3, -0.25) is 0 Å². The third kappa shape index (κ3) is 7.27. The second-order valence-corrected chi connectivity index (χ2v) is 9.00. The van der Waals surface area contributed by atoms with Crippen LogP contribution in [0.25, 0.3) is 5.70 Å². The summed E-state index contributed by atoms with van der Waals surface area (Å²) in [6, 6.07) is 0. The van der Waals surface area contributed by atoms with Crippen LogP contribution in [0.15, 0.2) is 34.7 Å². The highest BCUT2D eigenvalue weighted by molar-refractivity contribution is 9.10. The summed E-state index contributed by atoms with van der Waals surface area (Å²) in [4.78, 5) is 6.81. The summed E-state index contributed by atoms with van der Waals surface area (Å²) in [5, 5.41) is 5.89. The van der Waals surface area contributed by atoms with Crippen LogP contribution in [0, 0.1) is 12.8 Å². The zero-order chi connectivity index (χ0) is 25.1. The van der Waals surface area contributed by atoms with Crippen LogP contribution in [0.3, 0.4) is 0 Å². The van der Waals surface area contributed by atoms with Gasteiger partial charge in [0.05, 0.1) is 12.3 Å². The van der Waals surface area contributed by atoms with E-state index in [-0.39, 0.29) is 0 Å². The van der Waals surface area contributed by atoms with Gasteiger partial charge in [-0.1, -0.05) is 54.2 Å². The minimum Gasteiger partial charge on any atom is -0.491 e. The fourth-order valence-electron chi connectivity index (χ4n) is 3.17. The minimum absolute atomic E-state index is 0.438. The first kappa shape index (κ1) is 29.1. The summed E-state index contributed by atoms with van der Waals surface area (Å²) in [6.07, 6.45) is 4.70. The molecule has 2 aromatic rings. The molecule has 0 amide bonds. The molecule has 0 unspecified atom stereocenters. The van der Waals surface area contributed by atoms with Crippen molar-refractivity contribution in [2.45, 2.75) is 75.3 Å². The van der Waals surface area contributed by atoms with E-state index < -0.39 is 0 Å². The van der Waals surface area contributed by atoms with Crippen molar-refractivity contribution >= 4 is 38.3 Å². The smallest absolute Gasteiger partial charge is 0.205 e. The summed E-state index contributed by atoms with van der Waals surface area (Å²) >= 11 is 5.25. The number of anilines is 1. The van der Waals surface area contributed by atoms with Crippen LogP contribution >= 0.6 is 27.5 Å². The van der Waals surface area contributed by atoms with E-state index in [0.717, 1.165) is 57.8 Å². The van der Waals surface area contributed by atoms with Crippen molar-refractivity contribution in [2.24, 2.45) is 5.92 Å². The Hall–Kier alpha value is -1.93. The Labute approximate surface area is 212 Å². The number of aromatic nitrogens is 4. The fraction of sp³-hybridized carbons (Fsp3) is 0.560. The standard InChI is InChI=1S/C21H28BrN5OS.2C2H6/c1-7-14(5)19(18(8-2)28-12-13(3)4)27-20(22)16-11-26(10-9-17(16)24-27)21-23-15(6)25-29-21;2*1-2/h7-8,13H,1,9-12H2,2-6H3;2*1-2H3/b18-8+,19-14+;;. The van der Waals surface area contributed by atoms with Crippen molar-refractivity contribution in [3.63, 3.8) is 0 Å². The van der Waals surface area contributed by atoms with Gasteiger partial charge in [-0.25, -0.2) is 9.67 Å². The molecule has 1 aliphatic heterocycles. The zero-order valence-corrected chi connectivity index (χ0v) is 24.1. The lowest BCUT2D eigenvalue weighted by Crippen LogP contribution is -2.30. The van der Waals surface area contributed by atoms with E-state index in [1.165, 1.54) is 17.1 Å². The van der Waals surface area contributed by atoms with Crippen LogP contribution < -0.4 is 4.90 Å². The largest absolute Gasteiger partial charge is 0.491 e. The molecule has 0 saturated carbocycles. The van der Waals surface area contributed by atoms with Crippen LogP contribution in [0.2, 0.25) is 0 Å². The number of halogens is 1. The highest BCUT2D eigenvalue weighted by Gasteiger charge is 2.28. The molecular formula is C25H40BrN5OS. The Morgan fingerprint density at radius 2 is 1.94 bits per heavy atom. The SMILES string of the molecule is C=C/C(C)=C(\C(=C/C)OCC(C)C)n1nc2c(c1Br)CN(c1nc(C)ns1)CC2.CC.CC. The van der Waals surface area contributed by atoms with E-state index in [4.69, 9.17) is 9.84 Å². The number of hydrogen-bond acceptors (Lipinski definition) is 6. The summed E-state index contributed by atoms with van der Waals surface area (Å²) in [5.41, 5.74) is 4.21. The maximum Gasteiger partial charge on any atom is 0.205 e. The van der Waals surface area contributed by atoms with Crippen LogP contribution in [0.5, 0.6) is 0 Å². The normalized spacial score (nSPS) is 13.9. The molecule has 33 heavy (non-hydrogen) atoms. The third-order valence-corrected chi connectivity index (χ3v) is 6.40. The molecule has 0 spiro atoms. The Morgan fingerprint density at radius 1 is 1.27 bits per heavy atom. The quantitative estimate of drug-likeness (QED) is 0.271. The van der Waals surface area contributed by atoms with E-state index in [0.29, 0.717) is 12.5 Å². The zero-order valence-electron chi connectivity index (χ0n) is 21.7. The molecule has 0 fully saturated rings. The van der Waals surface area contributed by atoms with E-state index in [2.05, 4.69) is 50.6 Å². The molecule has 0 N–H and O–H groups in total. The van der Waals surface area contributed by atoms with Gasteiger partial charge in [-0.05, 0) is 54.3 Å². The summed E-state index contributed by atoms with van der Waals surface area (Å²) in [5.74, 6) is 2.07. The Balaban J connectivity index is 0.00000129. The van der Waals surface area contributed by atoms with Crippen molar-refractivity contribution in [1.82, 2.24) is 19.1 Å². The number of rotatable bonds is 7. The molecule has 3 heterocycles. The topological polar surface area (TPSA) is 56.1 Å². The second kappa shape index (κ2) is 14.4. The first-order valence-electron chi connectivity index (χ1n) is 11.8. The van der Waals surface area contributed by atoms with Crippen molar-refractivity contribution < 1.29 is 4.74 Å². The molecular weight excluding hydrogens is 498 g/mol. The Morgan fingerprint density at radius 3 is 2.45 bits per heavy atom. The Bertz CT molecular complexity index is 958. The molecule has 0 atom stereocenters. The van der Waals surface area contributed by atoms with Crippen LogP contribution in [-0.2, 0) is 17.7 Å². The van der Waals surface area contributed by atoms with E-state index in [1.54, 1.807) is 0 Å². The molecule has 3 rings (SSSR count). The van der Waals surface area contributed by atoms with E-state index >= 15 is 0 Å². The first-order valence-corrected chi connectivity index (χ1v) is 13.4. The summed E-state index contributed by atoms with van der Waals surface area (Å²) < 4.78 is 13.3. The van der Waals surface area contributed by atoms with Crippen LogP contribution in [-0.4, -0.2) is 32.3 Å². The fourth-order valence-corrected chi connectivity index (χ4v) is 4.48. The molecule has 184 valence electrons. The number of nitrogens with zero attached hydrogens (tertiary/aromatic N) is 5. The van der Waals surface area contributed by atoms with Gasteiger partial charge in [-0.15, -0.1) is 0 Å². The molecule has 0 radical (unpaired) electrons. The summed E-state index contributed by atoms with van der Waals surface area (Å²) in [6.45, 7) is 24.5. The van der Waals surface area contributed by atoms with E-state index in [1.807, 2.05) is 65.3 Å². The van der Waals surface area contributed by atoms with Crippen molar-refractivity contribution in [3.8, 4) is 0 Å². The number of ether oxygens (including phenoxy) is 1. The summed E-state index contributed by atoms with van der Waals surface area (Å²) in [7, 11) is 0. The highest BCUT2D eigenvalue weighted by atomic mass is 79.9. The number of allylic oxidation sites excluding steroid dienone is 4. The average Bonchev–Trinajstić information content (AvgIpc) is 3.41. The van der Waals surface area contributed by atoms with Crippen LogP contribution in [0.4, 0.5) is 5.13 Å². The molecule has 0 saturated heterocycles. The number of fused-ring (bicyclic) bond motifs is 1. The van der Waals surface area contributed by atoms with Gasteiger partial charge in [0.1, 0.15) is 21.9 Å². The van der Waals surface area contributed by atoms with Gasteiger partial charge in [0.25, 0.3) is 0 Å². The van der Waals surface area contributed by atoms with Gasteiger partial charge in [0.2, 0.25) is 5.13 Å². The highest BCUT2D eigenvalue weighted by Crippen LogP contribution is 2.34. The monoisotopic (exact) mass is 537 g/mol. The van der Waals surface area contributed by atoms with Crippen LogP contribution in [0.1, 0.15) is 72.5 Å². The molecule has 0 bridgehead atoms. The maximum atomic E-state index is 6.12. The van der Waals surface area contributed by atoms with Crippen molar-refractivity contribution in [3.05, 3.63) is 51.7 Å². The second-order valence-electron chi connectivity index (χ2n) is 7.52. The number of hydrogen-bond donors (Lipinski definition) is 0. The lowest BCUT2D eigenvalue weighted by molar-refractivity contribution is 0.190. The lowest BCUT2D eigenvalue weighted by atomic mass is 10.1. The van der Waals surface area contributed by atoms with Gasteiger partial charge >= 0.3 is 0 Å². The number of aryl methyl sites for hydroxylation is 1.